The van der Waals surface area contributed by atoms with Gasteiger partial charge in [0.25, 0.3) is 5.91 Å². The Morgan fingerprint density at radius 1 is 1.00 bits per heavy atom. The molecule has 6 nitrogen and oxygen atoms in total. The van der Waals surface area contributed by atoms with E-state index >= 15 is 0 Å². The quantitative estimate of drug-likeness (QED) is 0.313. The van der Waals surface area contributed by atoms with Crippen molar-refractivity contribution in [1.29, 1.82) is 5.26 Å². The molecule has 3 aromatic carbocycles. The van der Waals surface area contributed by atoms with Gasteiger partial charge in [-0.3, -0.25) is 4.79 Å². The zero-order valence-electron chi connectivity index (χ0n) is 15.6. The smallest absolute Gasteiger partial charge is 0.343 e. The maximum Gasteiger partial charge on any atom is 0.343 e. The second kappa shape index (κ2) is 9.11. The molecule has 0 radical (unpaired) electrons. The second-order valence-corrected chi connectivity index (χ2v) is 6.22. The lowest BCUT2D eigenvalue weighted by Crippen LogP contribution is -2.17. The molecule has 0 aliphatic rings. The first-order chi connectivity index (χ1) is 14.0. The van der Waals surface area contributed by atoms with Crippen LogP contribution >= 0.6 is 0 Å². The van der Waals surface area contributed by atoms with Crippen LogP contribution in [0.3, 0.4) is 0 Å². The summed E-state index contributed by atoms with van der Waals surface area (Å²) in [4.78, 5) is 24.2. The summed E-state index contributed by atoms with van der Waals surface area (Å²) in [5.74, 6) is -0.394. The lowest BCUT2D eigenvalue weighted by atomic mass is 10.1. The lowest BCUT2D eigenvalue weighted by Gasteiger charge is -2.05. The Bertz CT molecular complexity index is 1100. The second-order valence-electron chi connectivity index (χ2n) is 6.22. The molecule has 29 heavy (non-hydrogen) atoms. The van der Waals surface area contributed by atoms with Gasteiger partial charge in [-0.2, -0.15) is 10.4 Å². The first-order valence-electron chi connectivity index (χ1n) is 8.77. The van der Waals surface area contributed by atoms with Gasteiger partial charge in [0.05, 0.1) is 23.4 Å². The van der Waals surface area contributed by atoms with Crippen LogP contribution in [0.15, 0.2) is 77.9 Å². The van der Waals surface area contributed by atoms with Gasteiger partial charge in [-0.1, -0.05) is 17.7 Å². The third kappa shape index (κ3) is 5.37. The van der Waals surface area contributed by atoms with Crippen LogP contribution in [0.2, 0.25) is 0 Å². The number of rotatable bonds is 5. The molecule has 0 aliphatic heterocycles. The van der Waals surface area contributed by atoms with Crippen molar-refractivity contribution in [2.45, 2.75) is 6.92 Å². The summed E-state index contributed by atoms with van der Waals surface area (Å²) in [6, 6.07) is 22.1. The normalized spacial score (nSPS) is 10.3. The molecular weight excluding hydrogens is 366 g/mol. The van der Waals surface area contributed by atoms with Crippen molar-refractivity contribution in [2.24, 2.45) is 5.10 Å². The molecule has 3 rings (SSSR count). The van der Waals surface area contributed by atoms with Crippen molar-refractivity contribution in [3.63, 3.8) is 0 Å². The molecule has 3 aromatic rings. The maximum absolute atomic E-state index is 12.2. The fraction of sp³-hybridized carbons (Fsp3) is 0.0435. The highest BCUT2D eigenvalue weighted by atomic mass is 16.5. The monoisotopic (exact) mass is 383 g/mol. The Kier molecular flexibility index (Phi) is 6.13. The highest BCUT2D eigenvalue weighted by Crippen LogP contribution is 2.14. The average Bonchev–Trinajstić information content (AvgIpc) is 2.75. The van der Waals surface area contributed by atoms with Crippen molar-refractivity contribution < 1.29 is 14.3 Å². The molecule has 0 saturated carbocycles. The first kappa shape index (κ1) is 19.5. The van der Waals surface area contributed by atoms with E-state index in [2.05, 4.69) is 10.5 Å². The number of carbonyl (C=O) groups excluding carboxylic acids is 2. The van der Waals surface area contributed by atoms with Gasteiger partial charge in [-0.05, 0) is 73.2 Å². The van der Waals surface area contributed by atoms with Crippen LogP contribution in [0.5, 0.6) is 5.75 Å². The minimum atomic E-state index is -0.426. The minimum absolute atomic E-state index is 0.380. The van der Waals surface area contributed by atoms with Crippen LogP contribution in [-0.2, 0) is 0 Å². The number of ether oxygens (including phenoxy) is 1. The van der Waals surface area contributed by atoms with Gasteiger partial charge >= 0.3 is 5.97 Å². The van der Waals surface area contributed by atoms with E-state index in [4.69, 9.17) is 10.00 Å². The third-order valence-electron chi connectivity index (χ3n) is 4.00. The number of hydrazone groups is 1. The number of benzene rings is 3. The van der Waals surface area contributed by atoms with E-state index in [1.165, 1.54) is 6.21 Å². The Balaban J connectivity index is 1.56. The summed E-state index contributed by atoms with van der Waals surface area (Å²) in [7, 11) is 0. The number of hydrogen-bond acceptors (Lipinski definition) is 5. The number of carbonyl (C=O) groups is 2. The van der Waals surface area contributed by atoms with Crippen LogP contribution in [0.4, 0.5) is 0 Å². The van der Waals surface area contributed by atoms with Crippen molar-refractivity contribution in [3.8, 4) is 11.8 Å². The molecule has 1 amide bonds. The molecule has 0 heterocycles. The van der Waals surface area contributed by atoms with Crippen LogP contribution in [-0.4, -0.2) is 18.1 Å². The van der Waals surface area contributed by atoms with Crippen LogP contribution in [0.1, 0.15) is 37.4 Å². The zero-order valence-corrected chi connectivity index (χ0v) is 15.6. The van der Waals surface area contributed by atoms with Crippen molar-refractivity contribution >= 4 is 18.1 Å². The Morgan fingerprint density at radius 2 is 1.72 bits per heavy atom. The predicted octanol–water partition coefficient (Wildman–Crippen LogP) is 3.85. The number of amides is 1. The maximum atomic E-state index is 12.2. The largest absolute Gasteiger partial charge is 0.423 e. The molecule has 142 valence electrons. The van der Waals surface area contributed by atoms with Crippen LogP contribution in [0.25, 0.3) is 0 Å². The summed E-state index contributed by atoms with van der Waals surface area (Å²) in [6.45, 7) is 1.91. The summed E-state index contributed by atoms with van der Waals surface area (Å²) in [6.07, 6.45) is 1.48. The number of esters is 1. The third-order valence-corrected chi connectivity index (χ3v) is 4.00. The summed E-state index contributed by atoms with van der Waals surface area (Å²) >= 11 is 0. The van der Waals surface area contributed by atoms with E-state index in [0.717, 1.165) is 11.1 Å². The highest BCUT2D eigenvalue weighted by Gasteiger charge is 2.08. The predicted molar refractivity (Wildman–Crippen MR) is 109 cm³/mol. The molecule has 1 N–H and O–H groups in total. The number of aryl methyl sites for hydroxylation is 1. The topological polar surface area (TPSA) is 91.5 Å². The average molecular weight is 383 g/mol. The van der Waals surface area contributed by atoms with Crippen molar-refractivity contribution in [2.75, 3.05) is 0 Å². The lowest BCUT2D eigenvalue weighted by molar-refractivity contribution is 0.0734. The number of nitriles is 1. The van der Waals surface area contributed by atoms with Gasteiger partial charge in [0.15, 0.2) is 0 Å². The van der Waals surface area contributed by atoms with Crippen LogP contribution in [0, 0.1) is 18.3 Å². The van der Waals surface area contributed by atoms with E-state index < -0.39 is 5.97 Å². The summed E-state index contributed by atoms with van der Waals surface area (Å²) in [5, 5.41) is 12.7. The van der Waals surface area contributed by atoms with Gasteiger partial charge in [0, 0.05) is 5.56 Å². The number of hydrogen-bond donors (Lipinski definition) is 1. The Morgan fingerprint density at radius 3 is 2.38 bits per heavy atom. The fourth-order valence-corrected chi connectivity index (χ4v) is 2.49. The molecule has 0 spiro atoms. The van der Waals surface area contributed by atoms with E-state index in [1.807, 2.05) is 19.1 Å². The van der Waals surface area contributed by atoms with Crippen LogP contribution < -0.4 is 10.2 Å². The molecule has 0 atom stereocenters. The molecule has 0 bridgehead atoms. The molecule has 0 saturated heterocycles. The van der Waals surface area contributed by atoms with Gasteiger partial charge in [-0.15, -0.1) is 0 Å². The van der Waals surface area contributed by atoms with E-state index in [9.17, 15) is 9.59 Å². The summed E-state index contributed by atoms with van der Waals surface area (Å²) in [5.41, 5.74) is 5.49. The molecule has 0 aliphatic carbocycles. The van der Waals surface area contributed by atoms with Crippen molar-refractivity contribution in [3.05, 3.63) is 101 Å². The SMILES string of the molecule is Cc1cccc(C(=O)Oc2ccc(/C=N\NC(=O)c3ccc(C#N)cc3)cc2)c1. The first-order valence-corrected chi connectivity index (χ1v) is 8.77. The molecule has 6 heteroatoms. The molecular formula is C23H17N3O3. The standard InChI is InChI=1S/C23H17N3O3/c1-16-3-2-4-20(13-16)23(28)29-21-11-7-18(8-12-21)15-25-26-22(27)19-9-5-17(14-24)6-10-19/h2-13,15H,1H3,(H,26,27)/b25-15-. The Hall–Kier alpha value is -4.24. The summed E-state index contributed by atoms with van der Waals surface area (Å²) < 4.78 is 5.35. The highest BCUT2D eigenvalue weighted by molar-refractivity contribution is 5.95. The van der Waals surface area contributed by atoms with Gasteiger partial charge in [0.2, 0.25) is 0 Å². The van der Waals surface area contributed by atoms with E-state index in [-0.39, 0.29) is 5.91 Å². The molecule has 0 aromatic heterocycles. The van der Waals surface area contributed by atoms with Gasteiger partial charge < -0.3 is 4.74 Å². The fourth-order valence-electron chi connectivity index (χ4n) is 2.49. The Labute approximate surface area is 168 Å². The minimum Gasteiger partial charge on any atom is -0.423 e. The van der Waals surface area contributed by atoms with E-state index in [0.29, 0.717) is 22.4 Å². The number of nitrogens with one attached hydrogen (secondary N) is 1. The van der Waals surface area contributed by atoms with E-state index in [1.54, 1.807) is 66.7 Å². The molecule has 0 fully saturated rings. The number of nitrogens with zero attached hydrogens (tertiary/aromatic N) is 2. The van der Waals surface area contributed by atoms with Gasteiger partial charge in [0.1, 0.15) is 5.75 Å². The zero-order chi connectivity index (χ0) is 20.6. The van der Waals surface area contributed by atoms with Crippen molar-refractivity contribution in [1.82, 2.24) is 5.43 Å². The molecule has 0 unspecified atom stereocenters. The van der Waals surface area contributed by atoms with Gasteiger partial charge in [-0.25, -0.2) is 10.2 Å².